The molecule has 2 N–H and O–H groups in total. The fraction of sp³-hybridized carbons (Fsp3) is 0.250. The number of benzene rings is 1. The quantitative estimate of drug-likeness (QED) is 0.249. The van der Waals surface area contributed by atoms with Crippen molar-refractivity contribution in [2.24, 2.45) is 0 Å². The van der Waals surface area contributed by atoms with Gasteiger partial charge in [-0.25, -0.2) is 14.2 Å². The molecule has 10 heteroatoms. The van der Waals surface area contributed by atoms with E-state index in [1.54, 1.807) is 25.3 Å². The van der Waals surface area contributed by atoms with Gasteiger partial charge in [0.2, 0.25) is 0 Å². The molecule has 1 aromatic carbocycles. The van der Waals surface area contributed by atoms with Crippen molar-refractivity contribution in [3.8, 4) is 0 Å². The van der Waals surface area contributed by atoms with E-state index in [0.717, 1.165) is 12.5 Å². The number of carbonyl (C=O) groups excluding carboxylic acids is 4. The molecule has 0 aliphatic heterocycles. The van der Waals surface area contributed by atoms with Gasteiger partial charge in [-0.1, -0.05) is 31.7 Å². The van der Waals surface area contributed by atoms with Crippen molar-refractivity contribution in [2.45, 2.75) is 25.8 Å². The van der Waals surface area contributed by atoms with Gasteiger partial charge >= 0.3 is 6.03 Å². The number of halogens is 1. The number of nitrogens with one attached hydrogen (secondary N) is 2. The Hall–Kier alpha value is -4.60. The molecule has 3 amide bonds. The van der Waals surface area contributed by atoms with Crippen LogP contribution in [0.15, 0.2) is 72.6 Å². The number of likely N-dealkylation sites (N-methyl/N-ethyl adjacent to an activating group) is 1. The Bertz CT molecular complexity index is 1240. The number of hydrogen-bond donors (Lipinski definition) is 2. The van der Waals surface area contributed by atoms with E-state index in [1.807, 2.05) is 13.0 Å². The lowest BCUT2D eigenvalue weighted by molar-refractivity contribution is -0.109. The summed E-state index contributed by atoms with van der Waals surface area (Å²) in [6.45, 7) is 5.64. The van der Waals surface area contributed by atoms with E-state index in [2.05, 4.69) is 22.2 Å². The van der Waals surface area contributed by atoms with Crippen LogP contribution in [0, 0.1) is 5.82 Å². The lowest BCUT2D eigenvalue weighted by Gasteiger charge is -2.25. The average molecular weight is 522 g/mol. The second-order valence-electron chi connectivity index (χ2n) is 8.26. The third kappa shape index (κ3) is 7.45. The Morgan fingerprint density at radius 1 is 1.18 bits per heavy atom. The van der Waals surface area contributed by atoms with Crippen molar-refractivity contribution in [3.05, 3.63) is 89.5 Å². The molecule has 0 aliphatic carbocycles. The van der Waals surface area contributed by atoms with Gasteiger partial charge in [0, 0.05) is 44.9 Å². The summed E-state index contributed by atoms with van der Waals surface area (Å²) in [7, 11) is 4.64. The van der Waals surface area contributed by atoms with Gasteiger partial charge in [-0.15, -0.1) is 0 Å². The highest BCUT2D eigenvalue weighted by Crippen LogP contribution is 2.18. The Labute approximate surface area is 221 Å². The summed E-state index contributed by atoms with van der Waals surface area (Å²) in [6.07, 6.45) is 8.50. The summed E-state index contributed by atoms with van der Waals surface area (Å²) in [5, 5.41) is 5.25. The topological polar surface area (TPSA) is 112 Å². The van der Waals surface area contributed by atoms with Gasteiger partial charge in [0.05, 0.1) is 17.4 Å². The number of rotatable bonds is 12. The second kappa shape index (κ2) is 14.2. The summed E-state index contributed by atoms with van der Waals surface area (Å²) in [5.74, 6) is -0.837. The zero-order chi connectivity index (χ0) is 28.2. The first-order chi connectivity index (χ1) is 18.2. The Morgan fingerprint density at radius 3 is 2.45 bits per heavy atom. The number of anilines is 2. The maximum atomic E-state index is 14.0. The standard InChI is InChI=1S/C28H32FN5O4/c1-6-8-9-21(17-35)25(7-2)33(4)28(38)34(5)26-13-10-19(16-31-26)14-22(18-36)32-27(37)20-11-12-24(30-3)23(29)15-20/h7-13,15-18,22,30H,2,6,14H2,1,3-5H3,(H,32,37)/b9-8-,25-21-. The molecule has 200 valence electrons. The monoisotopic (exact) mass is 521 g/mol. The van der Waals surface area contributed by atoms with Crippen molar-refractivity contribution in [2.75, 3.05) is 31.4 Å². The summed E-state index contributed by atoms with van der Waals surface area (Å²) < 4.78 is 14.0. The molecule has 2 aromatic rings. The van der Waals surface area contributed by atoms with Crippen molar-refractivity contribution in [3.63, 3.8) is 0 Å². The summed E-state index contributed by atoms with van der Waals surface area (Å²) in [5.41, 5.74) is 1.64. The van der Waals surface area contributed by atoms with Crippen LogP contribution in [-0.4, -0.2) is 61.6 Å². The molecular formula is C28H32FN5O4. The second-order valence-corrected chi connectivity index (χ2v) is 8.26. The molecule has 0 aliphatic rings. The molecule has 0 bridgehead atoms. The Morgan fingerprint density at radius 2 is 1.92 bits per heavy atom. The van der Waals surface area contributed by atoms with E-state index in [1.165, 1.54) is 48.3 Å². The van der Waals surface area contributed by atoms with Crippen molar-refractivity contribution >= 4 is 36.0 Å². The van der Waals surface area contributed by atoms with Gasteiger partial charge in [0.1, 0.15) is 17.9 Å². The SMILES string of the molecule is C=C/C(=C(C=O)\C=C/CC)N(C)C(=O)N(C)c1ccc(CC(C=O)NC(=O)c2ccc(NC)c(F)c2)cn1. The molecule has 0 radical (unpaired) electrons. The maximum absolute atomic E-state index is 14.0. The third-order valence-corrected chi connectivity index (χ3v) is 5.67. The minimum atomic E-state index is -0.870. The number of carbonyl (C=O) groups is 4. The molecule has 0 saturated carbocycles. The van der Waals surface area contributed by atoms with Crippen LogP contribution >= 0.6 is 0 Å². The van der Waals surface area contributed by atoms with Gasteiger partial charge in [0.15, 0.2) is 6.29 Å². The Kier molecular flexibility index (Phi) is 11.1. The lowest BCUT2D eigenvalue weighted by atomic mass is 10.1. The van der Waals surface area contributed by atoms with E-state index >= 15 is 0 Å². The smallest absolute Gasteiger partial charge is 0.329 e. The molecule has 1 heterocycles. The maximum Gasteiger partial charge on any atom is 0.329 e. The van der Waals surface area contributed by atoms with Crippen LogP contribution in [0.1, 0.15) is 29.3 Å². The lowest BCUT2D eigenvalue weighted by Crippen LogP contribution is -2.39. The third-order valence-electron chi connectivity index (χ3n) is 5.67. The highest BCUT2D eigenvalue weighted by atomic mass is 19.1. The molecule has 9 nitrogen and oxygen atoms in total. The molecular weight excluding hydrogens is 489 g/mol. The molecule has 0 saturated heterocycles. The number of hydrogen-bond acceptors (Lipinski definition) is 6. The van der Waals surface area contributed by atoms with Gasteiger partial charge in [-0.3, -0.25) is 19.4 Å². The van der Waals surface area contributed by atoms with Crippen LogP contribution in [0.2, 0.25) is 0 Å². The van der Waals surface area contributed by atoms with E-state index in [-0.39, 0.29) is 17.7 Å². The summed E-state index contributed by atoms with van der Waals surface area (Å²) in [6, 6.07) is 5.95. The first-order valence-electron chi connectivity index (χ1n) is 11.9. The Balaban J connectivity index is 2.11. The number of urea groups is 1. The average Bonchev–Trinajstić information content (AvgIpc) is 2.93. The van der Waals surface area contributed by atoms with E-state index in [0.29, 0.717) is 35.2 Å². The zero-order valence-corrected chi connectivity index (χ0v) is 21.9. The predicted octanol–water partition coefficient (Wildman–Crippen LogP) is 3.90. The van der Waals surface area contributed by atoms with Crippen LogP contribution in [0.4, 0.5) is 20.7 Å². The fourth-order valence-electron chi connectivity index (χ4n) is 3.54. The number of allylic oxidation sites excluding steroid dienone is 4. The first kappa shape index (κ1) is 29.6. The normalized spacial score (nSPS) is 12.2. The van der Waals surface area contributed by atoms with Gasteiger partial charge < -0.3 is 15.4 Å². The minimum Gasteiger partial charge on any atom is -0.386 e. The van der Waals surface area contributed by atoms with Crippen LogP contribution < -0.4 is 15.5 Å². The van der Waals surface area contributed by atoms with E-state index < -0.39 is 23.8 Å². The van der Waals surface area contributed by atoms with Crippen LogP contribution in [0.25, 0.3) is 0 Å². The number of nitrogens with zero attached hydrogens (tertiary/aromatic N) is 3. The highest BCUT2D eigenvalue weighted by molar-refractivity contribution is 5.96. The predicted molar refractivity (Wildman–Crippen MR) is 145 cm³/mol. The number of aromatic nitrogens is 1. The number of aldehydes is 2. The number of amides is 3. The van der Waals surface area contributed by atoms with Crippen LogP contribution in [0.3, 0.4) is 0 Å². The van der Waals surface area contributed by atoms with Gasteiger partial charge in [-0.05, 0) is 42.3 Å². The number of pyridine rings is 1. The molecule has 1 unspecified atom stereocenters. The molecule has 0 fully saturated rings. The first-order valence-corrected chi connectivity index (χ1v) is 11.9. The fourth-order valence-corrected chi connectivity index (χ4v) is 3.54. The zero-order valence-electron chi connectivity index (χ0n) is 21.9. The van der Waals surface area contributed by atoms with Crippen molar-refractivity contribution < 1.29 is 23.6 Å². The van der Waals surface area contributed by atoms with Crippen molar-refractivity contribution in [1.29, 1.82) is 0 Å². The van der Waals surface area contributed by atoms with Crippen LogP contribution in [0.5, 0.6) is 0 Å². The summed E-state index contributed by atoms with van der Waals surface area (Å²) >= 11 is 0. The highest BCUT2D eigenvalue weighted by Gasteiger charge is 2.21. The van der Waals surface area contributed by atoms with Gasteiger partial charge in [-0.2, -0.15) is 0 Å². The minimum absolute atomic E-state index is 0.0851. The van der Waals surface area contributed by atoms with E-state index in [9.17, 15) is 23.6 Å². The van der Waals surface area contributed by atoms with Crippen LogP contribution in [-0.2, 0) is 16.0 Å². The van der Waals surface area contributed by atoms with Crippen molar-refractivity contribution in [1.82, 2.24) is 15.2 Å². The molecule has 1 atom stereocenters. The molecule has 1 aromatic heterocycles. The molecule has 2 rings (SSSR count). The summed E-state index contributed by atoms with van der Waals surface area (Å²) in [4.78, 5) is 55.6. The van der Waals surface area contributed by atoms with E-state index in [4.69, 9.17) is 0 Å². The molecule has 0 spiro atoms. The van der Waals surface area contributed by atoms with Gasteiger partial charge in [0.25, 0.3) is 5.91 Å². The molecule has 38 heavy (non-hydrogen) atoms. The largest absolute Gasteiger partial charge is 0.386 e.